The van der Waals surface area contributed by atoms with Crippen LogP contribution in [0.15, 0.2) is 0 Å². The van der Waals surface area contributed by atoms with Crippen molar-refractivity contribution in [1.29, 1.82) is 0 Å². The summed E-state index contributed by atoms with van der Waals surface area (Å²) in [5.74, 6) is 0. The third-order valence-corrected chi connectivity index (χ3v) is 3.76. The van der Waals surface area contributed by atoms with E-state index in [9.17, 15) is 0 Å². The van der Waals surface area contributed by atoms with Crippen molar-refractivity contribution in [3.8, 4) is 0 Å². The minimum Gasteiger partial charge on any atom is -0.381 e. The third kappa shape index (κ3) is 3.16. The van der Waals surface area contributed by atoms with Crippen LogP contribution < -0.4 is 5.32 Å². The zero-order valence-corrected chi connectivity index (χ0v) is 10.1. The molecule has 0 aromatic rings. The van der Waals surface area contributed by atoms with E-state index >= 15 is 0 Å². The van der Waals surface area contributed by atoms with Gasteiger partial charge in [0.1, 0.15) is 0 Å². The molecule has 1 atom stereocenters. The van der Waals surface area contributed by atoms with Crippen LogP contribution in [0.2, 0.25) is 0 Å². The van der Waals surface area contributed by atoms with E-state index in [1.54, 1.807) is 0 Å². The molecule has 2 rings (SSSR count). The zero-order valence-electron chi connectivity index (χ0n) is 10.1. The molecule has 0 aromatic heterocycles. The molecule has 2 saturated heterocycles. The lowest BCUT2D eigenvalue weighted by atomic mass is 9.81. The van der Waals surface area contributed by atoms with Crippen molar-refractivity contribution in [2.24, 2.45) is 5.41 Å². The Morgan fingerprint density at radius 1 is 1.40 bits per heavy atom. The van der Waals surface area contributed by atoms with E-state index in [4.69, 9.17) is 4.74 Å². The van der Waals surface area contributed by atoms with Crippen molar-refractivity contribution in [2.45, 2.75) is 32.7 Å². The molecule has 1 N–H and O–H groups in total. The van der Waals surface area contributed by atoms with E-state index in [0.717, 1.165) is 19.8 Å². The fourth-order valence-electron chi connectivity index (χ4n) is 2.72. The van der Waals surface area contributed by atoms with Crippen molar-refractivity contribution in [3.05, 3.63) is 0 Å². The fourth-order valence-corrected chi connectivity index (χ4v) is 2.72. The molecule has 0 aromatic carbocycles. The van der Waals surface area contributed by atoms with Gasteiger partial charge in [-0.1, -0.05) is 6.92 Å². The van der Waals surface area contributed by atoms with Gasteiger partial charge in [-0.05, 0) is 25.2 Å². The van der Waals surface area contributed by atoms with Crippen molar-refractivity contribution < 1.29 is 4.74 Å². The van der Waals surface area contributed by atoms with Gasteiger partial charge >= 0.3 is 0 Å². The quantitative estimate of drug-likeness (QED) is 0.742. The number of nitrogens with zero attached hydrogens (tertiary/aromatic N) is 1. The first kappa shape index (κ1) is 11.4. The van der Waals surface area contributed by atoms with Crippen LogP contribution in [0.4, 0.5) is 0 Å². The van der Waals surface area contributed by atoms with Gasteiger partial charge < -0.3 is 10.1 Å². The monoisotopic (exact) mass is 212 g/mol. The van der Waals surface area contributed by atoms with E-state index in [0.29, 0.717) is 11.5 Å². The highest BCUT2D eigenvalue weighted by atomic mass is 16.5. The van der Waals surface area contributed by atoms with Crippen molar-refractivity contribution in [2.75, 3.05) is 39.4 Å². The first-order chi connectivity index (χ1) is 7.18. The van der Waals surface area contributed by atoms with Crippen molar-refractivity contribution in [1.82, 2.24) is 10.2 Å². The molecule has 0 bridgehead atoms. The molecule has 0 saturated carbocycles. The Kier molecular flexibility index (Phi) is 3.65. The maximum Gasteiger partial charge on any atom is 0.0471 e. The number of ether oxygens (including phenoxy) is 1. The van der Waals surface area contributed by atoms with Gasteiger partial charge in [0.25, 0.3) is 0 Å². The number of nitrogens with one attached hydrogen (secondary N) is 1. The third-order valence-electron chi connectivity index (χ3n) is 3.76. The Hall–Kier alpha value is -0.120. The minimum absolute atomic E-state index is 0.495. The van der Waals surface area contributed by atoms with Gasteiger partial charge in [0.2, 0.25) is 0 Å². The lowest BCUT2D eigenvalue weighted by Crippen LogP contribution is -2.52. The van der Waals surface area contributed by atoms with E-state index < -0.39 is 0 Å². The van der Waals surface area contributed by atoms with E-state index in [-0.39, 0.29) is 0 Å². The van der Waals surface area contributed by atoms with Gasteiger partial charge in [-0.2, -0.15) is 0 Å². The van der Waals surface area contributed by atoms with Crippen LogP contribution >= 0.6 is 0 Å². The van der Waals surface area contributed by atoms with Gasteiger partial charge in [-0.25, -0.2) is 0 Å². The molecule has 0 amide bonds. The van der Waals surface area contributed by atoms with Gasteiger partial charge in [0, 0.05) is 45.4 Å². The Morgan fingerprint density at radius 3 is 2.80 bits per heavy atom. The summed E-state index contributed by atoms with van der Waals surface area (Å²) in [4.78, 5) is 2.62. The zero-order chi connectivity index (χ0) is 10.7. The average molecular weight is 212 g/mol. The first-order valence-electron chi connectivity index (χ1n) is 6.21. The summed E-state index contributed by atoms with van der Waals surface area (Å²) in [5.41, 5.74) is 0.495. The largest absolute Gasteiger partial charge is 0.381 e. The molecule has 88 valence electrons. The molecule has 0 aliphatic carbocycles. The summed E-state index contributed by atoms with van der Waals surface area (Å²) in [7, 11) is 0. The summed E-state index contributed by atoms with van der Waals surface area (Å²) in [6.07, 6.45) is 2.45. The van der Waals surface area contributed by atoms with Gasteiger partial charge in [-0.3, -0.25) is 4.90 Å². The molecule has 2 aliphatic heterocycles. The Bertz CT molecular complexity index is 202. The molecule has 0 spiro atoms. The van der Waals surface area contributed by atoms with Crippen LogP contribution in [0.1, 0.15) is 26.7 Å². The molecule has 2 fully saturated rings. The number of hydrogen-bond donors (Lipinski definition) is 1. The molecular weight excluding hydrogens is 188 g/mol. The van der Waals surface area contributed by atoms with Crippen molar-refractivity contribution >= 4 is 0 Å². The molecule has 1 unspecified atom stereocenters. The molecule has 3 heteroatoms. The molecule has 15 heavy (non-hydrogen) atoms. The van der Waals surface area contributed by atoms with E-state index in [1.165, 1.54) is 32.5 Å². The Morgan fingerprint density at radius 2 is 2.13 bits per heavy atom. The molecule has 3 nitrogen and oxygen atoms in total. The van der Waals surface area contributed by atoms with Crippen LogP contribution in [0.25, 0.3) is 0 Å². The lowest BCUT2D eigenvalue weighted by Gasteiger charge is -2.41. The summed E-state index contributed by atoms with van der Waals surface area (Å²) in [6.45, 7) is 11.4. The lowest BCUT2D eigenvalue weighted by molar-refractivity contribution is 0.00117. The Balaban J connectivity index is 1.83. The summed E-state index contributed by atoms with van der Waals surface area (Å²) in [5, 5.41) is 3.50. The van der Waals surface area contributed by atoms with Crippen LogP contribution in [0.3, 0.4) is 0 Å². The number of rotatable bonds is 2. The van der Waals surface area contributed by atoms with Gasteiger partial charge in [-0.15, -0.1) is 0 Å². The highest BCUT2D eigenvalue weighted by Gasteiger charge is 2.30. The minimum atomic E-state index is 0.495. The fraction of sp³-hybridized carbons (Fsp3) is 1.00. The second kappa shape index (κ2) is 4.81. The predicted molar refractivity (Wildman–Crippen MR) is 62.1 cm³/mol. The highest BCUT2D eigenvalue weighted by Crippen LogP contribution is 2.30. The standard InChI is InChI=1S/C12H24N2O/c1-11-9-14(6-5-13-11)10-12(2)3-7-15-8-4-12/h11,13H,3-10H2,1-2H3. The number of piperazine rings is 1. The molecule has 2 heterocycles. The second-order valence-electron chi connectivity index (χ2n) is 5.51. The predicted octanol–water partition coefficient (Wildman–Crippen LogP) is 1.10. The smallest absolute Gasteiger partial charge is 0.0471 e. The molecule has 2 aliphatic rings. The Labute approximate surface area is 93.2 Å². The number of hydrogen-bond acceptors (Lipinski definition) is 3. The summed E-state index contributed by atoms with van der Waals surface area (Å²) >= 11 is 0. The van der Waals surface area contributed by atoms with Crippen molar-refractivity contribution in [3.63, 3.8) is 0 Å². The summed E-state index contributed by atoms with van der Waals surface area (Å²) in [6, 6.07) is 0.655. The normalized spacial score (nSPS) is 32.8. The maximum atomic E-state index is 5.44. The molecular formula is C12H24N2O. The van der Waals surface area contributed by atoms with E-state index in [1.807, 2.05) is 0 Å². The first-order valence-corrected chi connectivity index (χ1v) is 6.21. The molecule has 0 radical (unpaired) electrons. The topological polar surface area (TPSA) is 24.5 Å². The highest BCUT2D eigenvalue weighted by molar-refractivity contribution is 4.84. The van der Waals surface area contributed by atoms with Crippen LogP contribution in [-0.4, -0.2) is 50.3 Å². The second-order valence-corrected chi connectivity index (χ2v) is 5.51. The van der Waals surface area contributed by atoms with Crippen LogP contribution in [0.5, 0.6) is 0 Å². The SMILES string of the molecule is CC1CN(CC2(C)CCOCC2)CCN1. The van der Waals surface area contributed by atoms with Crippen LogP contribution in [-0.2, 0) is 4.74 Å². The van der Waals surface area contributed by atoms with E-state index in [2.05, 4.69) is 24.1 Å². The summed E-state index contributed by atoms with van der Waals surface area (Å²) < 4.78 is 5.44. The van der Waals surface area contributed by atoms with Gasteiger partial charge in [0.05, 0.1) is 0 Å². The van der Waals surface area contributed by atoms with Gasteiger partial charge in [0.15, 0.2) is 0 Å². The van der Waals surface area contributed by atoms with Crippen LogP contribution in [0, 0.1) is 5.41 Å². The maximum absolute atomic E-state index is 5.44. The average Bonchev–Trinajstić information content (AvgIpc) is 2.18.